The molecule has 2 N–H and O–H groups in total. The molecule has 2 heterocycles. The Hall–Kier alpha value is -2.71. The first kappa shape index (κ1) is 19.6. The average Bonchev–Trinajstić information content (AvgIpc) is 3.18. The molecule has 1 amide bonds. The summed E-state index contributed by atoms with van der Waals surface area (Å²) in [5, 5.41) is 0. The molecule has 0 radical (unpaired) electrons. The minimum atomic E-state index is -3.52. The number of nitrogens with one attached hydrogen (secondary N) is 2. The zero-order valence-corrected chi connectivity index (χ0v) is 17.1. The van der Waals surface area contributed by atoms with E-state index in [1.807, 2.05) is 29.2 Å². The number of benzene rings is 2. The highest BCUT2D eigenvalue weighted by atomic mass is 32.2. The molecular weight excluding hydrogens is 388 g/mol. The molecule has 1 aliphatic rings. The molecule has 1 saturated heterocycles. The summed E-state index contributed by atoms with van der Waals surface area (Å²) in [7, 11) is -3.52. The molecular formula is C21H24N4O3S. The number of fused-ring (bicyclic) bond motifs is 1. The quantitative estimate of drug-likeness (QED) is 0.674. The highest BCUT2D eigenvalue weighted by molar-refractivity contribution is 7.89. The van der Waals surface area contributed by atoms with Crippen LogP contribution in [0.4, 0.5) is 0 Å². The van der Waals surface area contributed by atoms with Gasteiger partial charge in [0.2, 0.25) is 10.0 Å². The number of hydrogen-bond donors (Lipinski definition) is 2. The number of likely N-dealkylation sites (tertiary alicyclic amines) is 1. The second-order valence-electron chi connectivity index (χ2n) is 7.26. The molecule has 152 valence electrons. The summed E-state index contributed by atoms with van der Waals surface area (Å²) in [4.78, 5) is 23.0. The maximum absolute atomic E-state index is 13.0. The third-order valence-electron chi connectivity index (χ3n) is 5.25. The van der Waals surface area contributed by atoms with Gasteiger partial charge in [-0.05, 0) is 49.2 Å². The van der Waals surface area contributed by atoms with E-state index in [1.54, 1.807) is 19.1 Å². The lowest BCUT2D eigenvalue weighted by Gasteiger charge is -2.32. The number of aromatic nitrogens is 2. The number of piperidine rings is 1. The minimum absolute atomic E-state index is 0.0850. The van der Waals surface area contributed by atoms with Gasteiger partial charge in [0.05, 0.1) is 15.9 Å². The molecule has 8 heteroatoms. The van der Waals surface area contributed by atoms with E-state index in [2.05, 4.69) is 9.71 Å². The Kier molecular flexibility index (Phi) is 5.38. The van der Waals surface area contributed by atoms with E-state index in [4.69, 9.17) is 4.98 Å². The first-order valence-corrected chi connectivity index (χ1v) is 11.3. The molecule has 1 aliphatic heterocycles. The van der Waals surface area contributed by atoms with Crippen molar-refractivity contribution in [1.82, 2.24) is 19.6 Å². The fourth-order valence-corrected chi connectivity index (χ4v) is 4.82. The maximum Gasteiger partial charge on any atom is 0.253 e. The van der Waals surface area contributed by atoms with Crippen molar-refractivity contribution in [2.75, 3.05) is 19.6 Å². The third kappa shape index (κ3) is 4.04. The lowest BCUT2D eigenvalue weighted by atomic mass is 9.96. The Bertz CT molecular complexity index is 1090. The minimum Gasteiger partial charge on any atom is -0.342 e. The number of carbonyl (C=O) groups is 1. The Labute approximate surface area is 170 Å². The smallest absolute Gasteiger partial charge is 0.253 e. The Morgan fingerprint density at radius 2 is 1.97 bits per heavy atom. The van der Waals surface area contributed by atoms with Crippen molar-refractivity contribution in [3.05, 3.63) is 59.9 Å². The van der Waals surface area contributed by atoms with Crippen molar-refractivity contribution >= 4 is 27.0 Å². The standard InChI is InChI=1S/C21H24N4O3S/c1-2-22-29(27,28)17-11-9-15(10-12-17)21(26)25-13-5-6-16(14-25)20-23-18-7-3-4-8-19(18)24-20/h3-4,7-12,16,22H,2,5-6,13-14H2,1H3,(H,23,24). The first-order chi connectivity index (χ1) is 14.0. The van der Waals surface area contributed by atoms with Crippen molar-refractivity contribution < 1.29 is 13.2 Å². The predicted molar refractivity (Wildman–Crippen MR) is 111 cm³/mol. The van der Waals surface area contributed by atoms with Crippen LogP contribution in [0.25, 0.3) is 11.0 Å². The van der Waals surface area contributed by atoms with Crippen LogP contribution in [-0.2, 0) is 10.0 Å². The summed E-state index contributed by atoms with van der Waals surface area (Å²) in [5.74, 6) is 0.988. The molecule has 2 aromatic carbocycles. The number of carbonyl (C=O) groups excluding carboxylic acids is 1. The number of nitrogens with zero attached hydrogens (tertiary/aromatic N) is 2. The van der Waals surface area contributed by atoms with Gasteiger partial charge in [-0.25, -0.2) is 18.1 Å². The van der Waals surface area contributed by atoms with E-state index in [9.17, 15) is 13.2 Å². The zero-order chi connectivity index (χ0) is 20.4. The van der Waals surface area contributed by atoms with Gasteiger partial charge in [-0.15, -0.1) is 0 Å². The van der Waals surface area contributed by atoms with Crippen LogP contribution in [0, 0.1) is 0 Å². The molecule has 1 atom stereocenters. The molecule has 0 saturated carbocycles. The maximum atomic E-state index is 13.0. The second-order valence-corrected chi connectivity index (χ2v) is 9.02. The van der Waals surface area contributed by atoms with Gasteiger partial charge in [0.15, 0.2) is 0 Å². The van der Waals surface area contributed by atoms with E-state index in [0.29, 0.717) is 25.2 Å². The van der Waals surface area contributed by atoms with Crippen molar-refractivity contribution in [2.45, 2.75) is 30.6 Å². The van der Waals surface area contributed by atoms with Crippen LogP contribution in [0.3, 0.4) is 0 Å². The number of amides is 1. The zero-order valence-electron chi connectivity index (χ0n) is 16.3. The molecule has 29 heavy (non-hydrogen) atoms. The number of sulfonamides is 1. The second kappa shape index (κ2) is 7.96. The molecule has 3 aromatic rings. The summed E-state index contributed by atoms with van der Waals surface area (Å²) >= 11 is 0. The number of imidazole rings is 1. The van der Waals surface area contributed by atoms with Crippen LogP contribution in [0.15, 0.2) is 53.4 Å². The SMILES string of the molecule is CCNS(=O)(=O)c1ccc(C(=O)N2CCCC(c3nc4ccccc4[nH]3)C2)cc1. The van der Waals surface area contributed by atoms with Crippen LogP contribution in [-0.4, -0.2) is 48.8 Å². The van der Waals surface area contributed by atoms with Crippen LogP contribution >= 0.6 is 0 Å². The van der Waals surface area contributed by atoms with Gasteiger partial charge in [-0.3, -0.25) is 4.79 Å². The molecule has 1 unspecified atom stereocenters. The van der Waals surface area contributed by atoms with Crippen molar-refractivity contribution in [1.29, 1.82) is 0 Å². The summed E-state index contributed by atoms with van der Waals surface area (Å²) in [5.41, 5.74) is 2.43. The van der Waals surface area contributed by atoms with Crippen molar-refractivity contribution in [3.63, 3.8) is 0 Å². The highest BCUT2D eigenvalue weighted by Crippen LogP contribution is 2.27. The summed E-state index contributed by atoms with van der Waals surface area (Å²) in [6, 6.07) is 14.0. The predicted octanol–water partition coefficient (Wildman–Crippen LogP) is 2.88. The molecule has 4 rings (SSSR count). The number of rotatable bonds is 5. The molecule has 0 aliphatic carbocycles. The van der Waals surface area contributed by atoms with E-state index < -0.39 is 10.0 Å². The Morgan fingerprint density at radius 1 is 1.21 bits per heavy atom. The summed E-state index contributed by atoms with van der Waals surface area (Å²) < 4.78 is 26.6. The van der Waals surface area contributed by atoms with Gasteiger partial charge >= 0.3 is 0 Å². The van der Waals surface area contributed by atoms with Gasteiger partial charge < -0.3 is 9.88 Å². The van der Waals surface area contributed by atoms with E-state index in [0.717, 1.165) is 29.7 Å². The van der Waals surface area contributed by atoms with E-state index in [1.165, 1.54) is 12.1 Å². The highest BCUT2D eigenvalue weighted by Gasteiger charge is 2.27. The lowest BCUT2D eigenvalue weighted by molar-refractivity contribution is 0.0705. The van der Waals surface area contributed by atoms with Gasteiger partial charge in [-0.2, -0.15) is 0 Å². The lowest BCUT2D eigenvalue weighted by Crippen LogP contribution is -2.39. The van der Waals surface area contributed by atoms with Crippen molar-refractivity contribution in [2.24, 2.45) is 0 Å². The first-order valence-electron chi connectivity index (χ1n) is 9.81. The topological polar surface area (TPSA) is 95.2 Å². The molecule has 1 aromatic heterocycles. The van der Waals surface area contributed by atoms with Gasteiger partial charge in [0.25, 0.3) is 5.91 Å². The molecule has 7 nitrogen and oxygen atoms in total. The number of H-pyrrole nitrogens is 1. The van der Waals surface area contributed by atoms with E-state index >= 15 is 0 Å². The number of para-hydroxylation sites is 2. The Balaban J connectivity index is 1.50. The number of aromatic amines is 1. The molecule has 0 bridgehead atoms. The van der Waals surface area contributed by atoms with Crippen LogP contribution in [0.5, 0.6) is 0 Å². The largest absolute Gasteiger partial charge is 0.342 e. The molecule has 0 spiro atoms. The Morgan fingerprint density at radius 3 is 2.69 bits per heavy atom. The van der Waals surface area contributed by atoms with Gasteiger partial charge in [0, 0.05) is 31.1 Å². The van der Waals surface area contributed by atoms with Crippen LogP contribution in [0.2, 0.25) is 0 Å². The van der Waals surface area contributed by atoms with Crippen molar-refractivity contribution in [3.8, 4) is 0 Å². The fraction of sp³-hybridized carbons (Fsp3) is 0.333. The average molecular weight is 413 g/mol. The molecule has 1 fully saturated rings. The summed E-state index contributed by atoms with van der Waals surface area (Å²) in [6.07, 6.45) is 1.88. The van der Waals surface area contributed by atoms with Crippen LogP contribution in [0.1, 0.15) is 41.9 Å². The summed E-state index contributed by atoms with van der Waals surface area (Å²) in [6.45, 7) is 3.33. The third-order valence-corrected chi connectivity index (χ3v) is 6.81. The number of hydrogen-bond acceptors (Lipinski definition) is 4. The van der Waals surface area contributed by atoms with Gasteiger partial charge in [-0.1, -0.05) is 19.1 Å². The van der Waals surface area contributed by atoms with Gasteiger partial charge in [0.1, 0.15) is 5.82 Å². The fourth-order valence-electron chi connectivity index (χ4n) is 3.78. The van der Waals surface area contributed by atoms with E-state index in [-0.39, 0.29) is 16.7 Å². The normalized spacial score (nSPS) is 17.6. The van der Waals surface area contributed by atoms with Crippen LogP contribution < -0.4 is 4.72 Å². The monoisotopic (exact) mass is 412 g/mol.